The Labute approximate surface area is 108 Å². The summed E-state index contributed by atoms with van der Waals surface area (Å²) in [5.74, 6) is -0.298. The second-order valence-corrected chi connectivity index (χ2v) is 5.56. The van der Waals surface area contributed by atoms with Crippen molar-refractivity contribution in [1.82, 2.24) is 5.32 Å². The smallest absolute Gasteiger partial charge is 0.242 e. The minimum absolute atomic E-state index is 0.298. The molecule has 0 bridgehead atoms. The Morgan fingerprint density at radius 3 is 2.17 bits per heavy atom. The normalized spacial score (nSPS) is 14.1. The molecule has 1 atom stereocenters. The molecule has 4 N–H and O–H groups in total. The molecular weight excluding hydrogens is 228 g/mol. The molecule has 0 heterocycles. The van der Waals surface area contributed by atoms with E-state index < -0.39 is 17.2 Å². The molecule has 1 aromatic carbocycles. The Morgan fingerprint density at radius 2 is 1.72 bits per heavy atom. The lowest BCUT2D eigenvalue weighted by Crippen LogP contribution is -2.59. The fourth-order valence-electron chi connectivity index (χ4n) is 1.35. The molecule has 0 aliphatic carbocycles. The number of carbonyl (C=O) groups excluding carboxylic acids is 1. The quantitative estimate of drug-likeness (QED) is 0.755. The van der Waals surface area contributed by atoms with Crippen LogP contribution in [-0.4, -0.2) is 22.2 Å². The summed E-state index contributed by atoms with van der Waals surface area (Å²) in [5, 5.41) is 12.8. The summed E-state index contributed by atoms with van der Waals surface area (Å²) < 4.78 is 0. The number of hydrogen-bond donors (Lipinski definition) is 3. The van der Waals surface area contributed by atoms with Crippen molar-refractivity contribution in [2.75, 3.05) is 0 Å². The zero-order chi connectivity index (χ0) is 14.0. The molecule has 0 saturated heterocycles. The lowest BCUT2D eigenvalue weighted by atomic mass is 9.85. The van der Waals surface area contributed by atoms with E-state index in [1.165, 1.54) is 0 Å². The summed E-state index contributed by atoms with van der Waals surface area (Å²) >= 11 is 0. The van der Waals surface area contributed by atoms with Gasteiger partial charge in [0.2, 0.25) is 5.91 Å². The molecule has 4 heteroatoms. The third kappa shape index (κ3) is 3.31. The van der Waals surface area contributed by atoms with Gasteiger partial charge in [-0.3, -0.25) is 4.79 Å². The number of aliphatic hydroxyl groups is 1. The lowest BCUT2D eigenvalue weighted by Gasteiger charge is -2.38. The second-order valence-electron chi connectivity index (χ2n) is 5.56. The van der Waals surface area contributed by atoms with E-state index >= 15 is 0 Å². The average molecular weight is 250 g/mol. The molecule has 1 unspecified atom stereocenters. The maximum absolute atomic E-state index is 12.1. The number of rotatable bonds is 4. The van der Waals surface area contributed by atoms with Crippen LogP contribution in [0.1, 0.15) is 39.3 Å². The van der Waals surface area contributed by atoms with Crippen LogP contribution in [0.3, 0.4) is 0 Å². The standard InChI is InChI=1S/C14H22N2O2/c1-13(2,14(3,4)18)16-12(17)11(15)10-8-6-5-7-9-10/h5-9,11,18H,15H2,1-4H3,(H,16,17). The van der Waals surface area contributed by atoms with Gasteiger partial charge in [0, 0.05) is 0 Å². The second kappa shape index (κ2) is 5.08. The van der Waals surface area contributed by atoms with Crippen LogP contribution >= 0.6 is 0 Å². The Balaban J connectivity index is 2.78. The van der Waals surface area contributed by atoms with Crippen LogP contribution < -0.4 is 11.1 Å². The van der Waals surface area contributed by atoms with Crippen molar-refractivity contribution in [2.45, 2.75) is 44.9 Å². The largest absolute Gasteiger partial charge is 0.388 e. The van der Waals surface area contributed by atoms with Crippen molar-refractivity contribution in [3.8, 4) is 0 Å². The highest BCUT2D eigenvalue weighted by Crippen LogP contribution is 2.21. The van der Waals surface area contributed by atoms with Crippen molar-refractivity contribution in [3.05, 3.63) is 35.9 Å². The molecule has 100 valence electrons. The van der Waals surface area contributed by atoms with Gasteiger partial charge >= 0.3 is 0 Å². The lowest BCUT2D eigenvalue weighted by molar-refractivity contribution is -0.127. The first-order valence-corrected chi connectivity index (χ1v) is 6.00. The summed E-state index contributed by atoms with van der Waals surface area (Å²) in [5.41, 5.74) is 4.86. The molecule has 1 amide bonds. The molecule has 1 rings (SSSR count). The highest BCUT2D eigenvalue weighted by Gasteiger charge is 2.37. The molecule has 1 aromatic rings. The van der Waals surface area contributed by atoms with Crippen LogP contribution in [0.2, 0.25) is 0 Å². The topological polar surface area (TPSA) is 75.3 Å². The third-order valence-electron chi connectivity index (χ3n) is 3.41. The van der Waals surface area contributed by atoms with E-state index in [9.17, 15) is 9.90 Å². The number of nitrogens with two attached hydrogens (primary N) is 1. The predicted octanol–water partition coefficient (Wildman–Crippen LogP) is 1.35. The van der Waals surface area contributed by atoms with Gasteiger partial charge in [-0.05, 0) is 33.3 Å². The molecule has 0 saturated carbocycles. The highest BCUT2D eigenvalue weighted by molar-refractivity contribution is 5.83. The van der Waals surface area contributed by atoms with Crippen LogP contribution in [0, 0.1) is 0 Å². The average Bonchev–Trinajstić information content (AvgIpc) is 2.27. The molecule has 0 radical (unpaired) electrons. The first-order valence-electron chi connectivity index (χ1n) is 6.00. The Hall–Kier alpha value is -1.39. The monoisotopic (exact) mass is 250 g/mol. The van der Waals surface area contributed by atoms with Crippen LogP contribution in [0.5, 0.6) is 0 Å². The Kier molecular flexibility index (Phi) is 4.14. The zero-order valence-corrected chi connectivity index (χ0v) is 11.4. The van der Waals surface area contributed by atoms with Crippen molar-refractivity contribution >= 4 is 5.91 Å². The molecular formula is C14H22N2O2. The van der Waals surface area contributed by atoms with Crippen LogP contribution in [0.4, 0.5) is 0 Å². The molecule has 0 spiro atoms. The van der Waals surface area contributed by atoms with E-state index in [1.807, 2.05) is 18.2 Å². The zero-order valence-electron chi connectivity index (χ0n) is 11.4. The summed E-state index contributed by atoms with van der Waals surface area (Å²) in [6.45, 7) is 6.84. The summed E-state index contributed by atoms with van der Waals surface area (Å²) in [7, 11) is 0. The molecule has 4 nitrogen and oxygen atoms in total. The number of amides is 1. The van der Waals surface area contributed by atoms with Crippen molar-refractivity contribution in [1.29, 1.82) is 0 Å². The Bertz CT molecular complexity index is 408. The maximum atomic E-state index is 12.1. The van der Waals surface area contributed by atoms with E-state index in [2.05, 4.69) is 5.32 Å². The Morgan fingerprint density at radius 1 is 1.22 bits per heavy atom. The summed E-state index contributed by atoms with van der Waals surface area (Å²) in [6, 6.07) is 8.43. The van der Waals surface area contributed by atoms with Gasteiger partial charge < -0.3 is 16.2 Å². The van der Waals surface area contributed by atoms with Gasteiger partial charge in [-0.1, -0.05) is 30.3 Å². The van der Waals surface area contributed by atoms with Crippen LogP contribution in [0.15, 0.2) is 30.3 Å². The highest BCUT2D eigenvalue weighted by atomic mass is 16.3. The van der Waals surface area contributed by atoms with Gasteiger partial charge in [0.1, 0.15) is 6.04 Å². The van der Waals surface area contributed by atoms with Gasteiger partial charge in [-0.15, -0.1) is 0 Å². The summed E-state index contributed by atoms with van der Waals surface area (Å²) in [4.78, 5) is 12.1. The predicted molar refractivity (Wildman–Crippen MR) is 71.9 cm³/mol. The molecule has 0 aliphatic heterocycles. The molecule has 0 aliphatic rings. The summed E-state index contributed by atoms with van der Waals surface area (Å²) in [6.07, 6.45) is 0. The maximum Gasteiger partial charge on any atom is 0.242 e. The minimum atomic E-state index is -1.03. The van der Waals surface area contributed by atoms with E-state index in [4.69, 9.17) is 5.73 Å². The van der Waals surface area contributed by atoms with Gasteiger partial charge in [0.15, 0.2) is 0 Å². The third-order valence-corrected chi connectivity index (χ3v) is 3.41. The van der Waals surface area contributed by atoms with Crippen molar-refractivity contribution in [2.24, 2.45) is 5.73 Å². The molecule has 18 heavy (non-hydrogen) atoms. The van der Waals surface area contributed by atoms with Crippen molar-refractivity contribution in [3.63, 3.8) is 0 Å². The first kappa shape index (κ1) is 14.7. The SMILES string of the molecule is CC(C)(O)C(C)(C)NC(=O)C(N)c1ccccc1. The van der Waals surface area contributed by atoms with Gasteiger partial charge in [0.25, 0.3) is 0 Å². The van der Waals surface area contributed by atoms with Crippen molar-refractivity contribution < 1.29 is 9.90 Å². The van der Waals surface area contributed by atoms with E-state index in [0.717, 1.165) is 5.56 Å². The van der Waals surface area contributed by atoms with E-state index in [1.54, 1.807) is 39.8 Å². The van der Waals surface area contributed by atoms with Crippen LogP contribution in [0.25, 0.3) is 0 Å². The molecule has 0 aromatic heterocycles. The fraction of sp³-hybridized carbons (Fsp3) is 0.500. The fourth-order valence-corrected chi connectivity index (χ4v) is 1.35. The van der Waals surface area contributed by atoms with E-state index in [-0.39, 0.29) is 5.91 Å². The van der Waals surface area contributed by atoms with Crippen LogP contribution in [-0.2, 0) is 4.79 Å². The first-order chi connectivity index (χ1) is 8.15. The van der Waals surface area contributed by atoms with Gasteiger partial charge in [-0.2, -0.15) is 0 Å². The number of carbonyl (C=O) groups is 1. The number of benzene rings is 1. The van der Waals surface area contributed by atoms with Gasteiger partial charge in [-0.25, -0.2) is 0 Å². The minimum Gasteiger partial charge on any atom is -0.388 e. The number of nitrogens with one attached hydrogen (secondary N) is 1. The van der Waals surface area contributed by atoms with E-state index in [0.29, 0.717) is 0 Å². The number of hydrogen-bond acceptors (Lipinski definition) is 3. The molecule has 0 fully saturated rings. The van der Waals surface area contributed by atoms with Gasteiger partial charge in [0.05, 0.1) is 11.1 Å².